The van der Waals surface area contributed by atoms with Crippen LogP contribution in [0, 0.1) is 0 Å². The molecule has 0 aliphatic heterocycles. The van der Waals surface area contributed by atoms with Crippen LogP contribution in [0.4, 0.5) is 5.69 Å². The fourth-order valence-electron chi connectivity index (χ4n) is 2.58. The van der Waals surface area contributed by atoms with Gasteiger partial charge in [0.25, 0.3) is 5.91 Å². The Morgan fingerprint density at radius 1 is 1.00 bits per heavy atom. The van der Waals surface area contributed by atoms with Crippen molar-refractivity contribution in [1.29, 1.82) is 0 Å². The lowest BCUT2D eigenvalue weighted by Crippen LogP contribution is -2.26. The third-order valence-corrected chi connectivity index (χ3v) is 3.93. The quantitative estimate of drug-likeness (QED) is 0.612. The molecule has 0 aliphatic carbocycles. The number of amides is 2. The van der Waals surface area contributed by atoms with Gasteiger partial charge in [-0.15, -0.1) is 0 Å². The normalized spacial score (nSPS) is 10.1. The zero-order valence-electron chi connectivity index (χ0n) is 16.4. The van der Waals surface area contributed by atoms with E-state index >= 15 is 0 Å². The molecule has 7 heteroatoms. The van der Waals surface area contributed by atoms with Crippen LogP contribution >= 0.6 is 0 Å². The highest BCUT2D eigenvalue weighted by atomic mass is 16.5. The van der Waals surface area contributed by atoms with Gasteiger partial charge in [-0.25, -0.2) is 0 Å². The summed E-state index contributed by atoms with van der Waals surface area (Å²) in [4.78, 5) is 24.4. The number of methoxy groups -OCH3 is 2. The van der Waals surface area contributed by atoms with Crippen molar-refractivity contribution in [2.24, 2.45) is 0 Å². The smallest absolute Gasteiger partial charge is 0.255 e. The zero-order valence-corrected chi connectivity index (χ0v) is 16.4. The Balaban J connectivity index is 1.81. The first-order valence-corrected chi connectivity index (χ1v) is 9.10. The Kier molecular flexibility index (Phi) is 8.14. The van der Waals surface area contributed by atoms with Crippen LogP contribution in [0.2, 0.25) is 0 Å². The lowest BCUT2D eigenvalue weighted by molar-refractivity contribution is -0.116. The molecule has 2 rings (SSSR count). The summed E-state index contributed by atoms with van der Waals surface area (Å²) in [6.07, 6.45) is 0.780. The van der Waals surface area contributed by atoms with Gasteiger partial charge in [0.05, 0.1) is 26.4 Å². The number of nitrogens with one attached hydrogen (secondary N) is 2. The van der Waals surface area contributed by atoms with E-state index in [1.807, 2.05) is 13.0 Å². The minimum atomic E-state index is -0.220. The fraction of sp³-hybridized carbons (Fsp3) is 0.333. The van der Waals surface area contributed by atoms with Crippen LogP contribution in [0.3, 0.4) is 0 Å². The van der Waals surface area contributed by atoms with E-state index in [9.17, 15) is 9.59 Å². The predicted molar refractivity (Wildman–Crippen MR) is 107 cm³/mol. The summed E-state index contributed by atoms with van der Waals surface area (Å²) in [5, 5.41) is 5.62. The number of benzene rings is 2. The molecule has 2 aromatic carbocycles. The number of anilines is 1. The van der Waals surface area contributed by atoms with E-state index in [0.717, 1.165) is 0 Å². The Hall–Kier alpha value is -3.22. The molecule has 0 bridgehead atoms. The third kappa shape index (κ3) is 6.19. The molecule has 150 valence electrons. The molecule has 28 heavy (non-hydrogen) atoms. The minimum absolute atomic E-state index is 0.153. The Labute approximate surface area is 165 Å². The van der Waals surface area contributed by atoms with Gasteiger partial charge in [0, 0.05) is 36.9 Å². The molecule has 0 saturated carbocycles. The lowest BCUT2D eigenvalue weighted by Gasteiger charge is -2.11. The van der Waals surface area contributed by atoms with Gasteiger partial charge in [0.2, 0.25) is 5.91 Å². The Bertz CT molecular complexity index is 785. The maximum absolute atomic E-state index is 12.3. The molecule has 0 spiro atoms. The van der Waals surface area contributed by atoms with E-state index in [-0.39, 0.29) is 18.2 Å². The monoisotopic (exact) mass is 386 g/mol. The SMILES string of the molecule is CCOc1ccccc1C(=O)NCCCC(=O)Nc1cc(OC)cc(OC)c1. The van der Waals surface area contributed by atoms with Gasteiger partial charge in [0.1, 0.15) is 17.2 Å². The second-order valence-corrected chi connectivity index (χ2v) is 5.94. The molecule has 2 aromatic rings. The van der Waals surface area contributed by atoms with Gasteiger partial charge in [0.15, 0.2) is 0 Å². The van der Waals surface area contributed by atoms with Crippen molar-refractivity contribution >= 4 is 17.5 Å². The number of rotatable bonds is 10. The van der Waals surface area contributed by atoms with Crippen LogP contribution in [-0.4, -0.2) is 39.2 Å². The summed E-state index contributed by atoms with van der Waals surface area (Å²) in [6.45, 7) is 2.73. The van der Waals surface area contributed by atoms with Crippen LogP contribution in [-0.2, 0) is 4.79 Å². The van der Waals surface area contributed by atoms with Crippen molar-refractivity contribution in [3.05, 3.63) is 48.0 Å². The summed E-state index contributed by atoms with van der Waals surface area (Å²) in [6, 6.07) is 12.2. The van der Waals surface area contributed by atoms with Crippen LogP contribution in [0.5, 0.6) is 17.2 Å². The largest absolute Gasteiger partial charge is 0.497 e. The first-order valence-electron chi connectivity index (χ1n) is 9.10. The van der Waals surface area contributed by atoms with E-state index in [4.69, 9.17) is 14.2 Å². The van der Waals surface area contributed by atoms with Gasteiger partial charge in [-0.1, -0.05) is 12.1 Å². The lowest BCUT2D eigenvalue weighted by atomic mass is 10.2. The topological polar surface area (TPSA) is 85.9 Å². The van der Waals surface area contributed by atoms with Crippen LogP contribution in [0.1, 0.15) is 30.1 Å². The molecule has 0 heterocycles. The van der Waals surface area contributed by atoms with Crippen molar-refractivity contribution in [2.75, 3.05) is 32.7 Å². The minimum Gasteiger partial charge on any atom is -0.497 e. The number of hydrogen-bond donors (Lipinski definition) is 2. The summed E-state index contributed by atoms with van der Waals surface area (Å²) < 4.78 is 15.8. The number of carbonyl (C=O) groups is 2. The van der Waals surface area contributed by atoms with E-state index in [2.05, 4.69) is 10.6 Å². The van der Waals surface area contributed by atoms with Crippen molar-refractivity contribution in [3.63, 3.8) is 0 Å². The summed E-state index contributed by atoms with van der Waals surface area (Å²) in [7, 11) is 3.10. The van der Waals surface area contributed by atoms with E-state index in [1.54, 1.807) is 50.6 Å². The zero-order chi connectivity index (χ0) is 20.4. The molecule has 0 atom stereocenters. The van der Waals surface area contributed by atoms with Crippen molar-refractivity contribution < 1.29 is 23.8 Å². The van der Waals surface area contributed by atoms with Crippen molar-refractivity contribution in [3.8, 4) is 17.2 Å². The molecule has 0 saturated heterocycles. The highest BCUT2D eigenvalue weighted by Gasteiger charge is 2.12. The predicted octanol–water partition coefficient (Wildman–Crippen LogP) is 3.25. The van der Waals surface area contributed by atoms with Gasteiger partial charge < -0.3 is 24.8 Å². The molecule has 0 radical (unpaired) electrons. The highest BCUT2D eigenvalue weighted by molar-refractivity contribution is 5.97. The number of carbonyl (C=O) groups excluding carboxylic acids is 2. The maximum atomic E-state index is 12.3. The standard InChI is InChI=1S/C21H26N2O5/c1-4-28-19-9-6-5-8-18(19)21(25)22-11-7-10-20(24)23-15-12-16(26-2)14-17(13-15)27-3/h5-6,8-9,12-14H,4,7,10-11H2,1-3H3,(H,22,25)(H,23,24). The first kappa shape index (κ1) is 21.1. The molecular formula is C21H26N2O5. The summed E-state index contributed by atoms with van der Waals surface area (Å²) in [5.41, 5.74) is 1.08. The molecule has 2 N–H and O–H groups in total. The third-order valence-electron chi connectivity index (χ3n) is 3.93. The van der Waals surface area contributed by atoms with Gasteiger partial charge >= 0.3 is 0 Å². The maximum Gasteiger partial charge on any atom is 0.255 e. The Morgan fingerprint density at radius 2 is 1.68 bits per heavy atom. The Morgan fingerprint density at radius 3 is 2.32 bits per heavy atom. The highest BCUT2D eigenvalue weighted by Crippen LogP contribution is 2.25. The number of para-hydroxylation sites is 1. The average molecular weight is 386 g/mol. The first-order chi connectivity index (χ1) is 13.6. The van der Waals surface area contributed by atoms with Crippen LogP contribution < -0.4 is 24.8 Å². The van der Waals surface area contributed by atoms with Crippen molar-refractivity contribution in [2.45, 2.75) is 19.8 Å². The second-order valence-electron chi connectivity index (χ2n) is 5.94. The summed E-state index contributed by atoms with van der Waals surface area (Å²) in [5.74, 6) is 1.36. The van der Waals surface area contributed by atoms with Gasteiger partial charge in [-0.05, 0) is 25.5 Å². The van der Waals surface area contributed by atoms with Gasteiger partial charge in [-0.2, -0.15) is 0 Å². The van der Waals surface area contributed by atoms with E-state index in [1.165, 1.54) is 0 Å². The van der Waals surface area contributed by atoms with E-state index < -0.39 is 0 Å². The second kappa shape index (κ2) is 10.8. The van der Waals surface area contributed by atoms with Crippen molar-refractivity contribution in [1.82, 2.24) is 5.32 Å². The summed E-state index contributed by atoms with van der Waals surface area (Å²) >= 11 is 0. The molecule has 0 aromatic heterocycles. The number of hydrogen-bond acceptors (Lipinski definition) is 5. The van der Waals surface area contributed by atoms with E-state index in [0.29, 0.717) is 48.1 Å². The molecule has 2 amide bonds. The number of ether oxygens (including phenoxy) is 3. The molecule has 0 fully saturated rings. The van der Waals surface area contributed by atoms with Crippen LogP contribution in [0.15, 0.2) is 42.5 Å². The average Bonchev–Trinajstić information content (AvgIpc) is 2.71. The van der Waals surface area contributed by atoms with Crippen LogP contribution in [0.25, 0.3) is 0 Å². The molecule has 0 aliphatic rings. The fourth-order valence-corrected chi connectivity index (χ4v) is 2.58. The molecule has 0 unspecified atom stereocenters. The molecular weight excluding hydrogens is 360 g/mol. The molecule has 7 nitrogen and oxygen atoms in total. The van der Waals surface area contributed by atoms with Gasteiger partial charge in [-0.3, -0.25) is 9.59 Å².